The van der Waals surface area contributed by atoms with E-state index in [1.165, 1.54) is 31.5 Å². The van der Waals surface area contributed by atoms with Crippen molar-refractivity contribution < 1.29 is 9.47 Å². The molecular weight excluding hydrogens is 326 g/mol. The van der Waals surface area contributed by atoms with Crippen molar-refractivity contribution >= 4 is 17.3 Å². The molecule has 1 aromatic rings. The Hall–Kier alpha value is -1.17. The van der Waals surface area contributed by atoms with E-state index in [-0.39, 0.29) is 11.5 Å². The van der Waals surface area contributed by atoms with Crippen LogP contribution in [0, 0.1) is 0 Å². The smallest absolute Gasteiger partial charge is 0.163 e. The molecule has 1 aromatic carbocycles. The molecule has 0 radical (unpaired) electrons. The first-order chi connectivity index (χ1) is 11.7. The molecule has 0 amide bonds. The van der Waals surface area contributed by atoms with Gasteiger partial charge >= 0.3 is 0 Å². The van der Waals surface area contributed by atoms with Gasteiger partial charge in [0.2, 0.25) is 0 Å². The van der Waals surface area contributed by atoms with Crippen molar-refractivity contribution in [3.8, 4) is 11.5 Å². The molecule has 1 saturated heterocycles. The molecule has 0 aromatic heterocycles. The minimum atomic E-state index is 0.0134. The van der Waals surface area contributed by atoms with Crippen LogP contribution in [0.2, 0.25) is 0 Å². The van der Waals surface area contributed by atoms with Gasteiger partial charge in [-0.3, -0.25) is 5.32 Å². The molecule has 2 N–H and O–H groups in total. The average molecular weight is 354 g/mol. The van der Waals surface area contributed by atoms with Crippen LogP contribution in [-0.2, 0) is 6.42 Å². The lowest BCUT2D eigenvalue weighted by Crippen LogP contribution is -2.45. The number of halogens is 1. The van der Waals surface area contributed by atoms with Crippen LogP contribution in [0.3, 0.4) is 0 Å². The van der Waals surface area contributed by atoms with Gasteiger partial charge in [0.15, 0.2) is 11.5 Å². The zero-order valence-corrected chi connectivity index (χ0v) is 15.4. The quantitative estimate of drug-likeness (QED) is 0.583. The van der Waals surface area contributed by atoms with Gasteiger partial charge in [-0.05, 0) is 57.5 Å². The minimum Gasteiger partial charge on any atom is -0.493 e. The van der Waals surface area contributed by atoms with Gasteiger partial charge in [0.1, 0.15) is 0 Å². The molecule has 1 fully saturated rings. The Morgan fingerprint density at radius 2 is 2.08 bits per heavy atom. The van der Waals surface area contributed by atoms with Crippen molar-refractivity contribution in [2.45, 2.75) is 37.2 Å². The van der Waals surface area contributed by atoms with Gasteiger partial charge in [0, 0.05) is 18.3 Å². The van der Waals surface area contributed by atoms with Crippen LogP contribution in [0.1, 0.15) is 24.8 Å². The predicted molar refractivity (Wildman–Crippen MR) is 98.6 cm³/mol. The number of nitrogens with zero attached hydrogens (tertiary/aromatic N) is 1. The molecule has 0 bridgehead atoms. The molecule has 2 aliphatic rings. The topological polar surface area (TPSA) is 45.8 Å². The Labute approximate surface area is 149 Å². The van der Waals surface area contributed by atoms with E-state index in [0.29, 0.717) is 6.61 Å². The third kappa shape index (κ3) is 4.08. The van der Waals surface area contributed by atoms with E-state index in [2.05, 4.69) is 15.5 Å². The molecule has 24 heavy (non-hydrogen) atoms. The number of nitrogens with one attached hydrogen (secondary N) is 2. The van der Waals surface area contributed by atoms with Crippen molar-refractivity contribution in [2.75, 3.05) is 45.7 Å². The molecule has 6 heteroatoms. The molecule has 2 aliphatic heterocycles. The highest BCUT2D eigenvalue weighted by Gasteiger charge is 2.26. The van der Waals surface area contributed by atoms with Crippen LogP contribution in [-0.4, -0.2) is 56.8 Å². The van der Waals surface area contributed by atoms with Gasteiger partial charge in [0.05, 0.1) is 25.3 Å². The Kier molecular flexibility index (Phi) is 6.09. The number of rotatable bonds is 7. The van der Waals surface area contributed by atoms with E-state index in [1.807, 2.05) is 19.2 Å². The zero-order chi connectivity index (χ0) is 16.9. The lowest BCUT2D eigenvalue weighted by Gasteiger charge is -2.31. The fraction of sp³-hybridized carbons (Fsp3) is 0.667. The summed E-state index contributed by atoms with van der Waals surface area (Å²) in [5.41, 5.74) is 2.24. The van der Waals surface area contributed by atoms with Gasteiger partial charge in [-0.2, -0.15) is 0 Å². The summed E-state index contributed by atoms with van der Waals surface area (Å²) in [4.78, 5) is 2.51. The molecule has 2 heterocycles. The van der Waals surface area contributed by atoms with Crippen molar-refractivity contribution in [3.63, 3.8) is 0 Å². The van der Waals surface area contributed by atoms with Crippen molar-refractivity contribution in [2.24, 2.45) is 0 Å². The summed E-state index contributed by atoms with van der Waals surface area (Å²) in [6.07, 6.45) is 4.58. The summed E-state index contributed by atoms with van der Waals surface area (Å²) in [6.45, 7) is 4.29. The highest BCUT2D eigenvalue weighted by Crippen LogP contribution is 2.37. The van der Waals surface area contributed by atoms with Crippen LogP contribution < -0.4 is 20.1 Å². The number of likely N-dealkylation sites (tertiary alicyclic amines) is 1. The SMILES string of the molecule is CNC1Nc2cc(OCCCN3CCCC3)c(OC)cc2CC1Cl. The third-order valence-corrected chi connectivity index (χ3v) is 5.27. The second-order valence-electron chi connectivity index (χ2n) is 6.54. The Morgan fingerprint density at radius 3 is 2.79 bits per heavy atom. The Balaban J connectivity index is 1.62. The van der Waals surface area contributed by atoms with E-state index < -0.39 is 0 Å². The predicted octanol–water partition coefficient (Wildman–Crippen LogP) is 2.68. The zero-order valence-electron chi connectivity index (χ0n) is 14.6. The molecule has 0 spiro atoms. The van der Waals surface area contributed by atoms with E-state index in [4.69, 9.17) is 21.1 Å². The van der Waals surface area contributed by atoms with Crippen LogP contribution in [0.15, 0.2) is 12.1 Å². The molecule has 2 unspecified atom stereocenters. The highest BCUT2D eigenvalue weighted by atomic mass is 35.5. The Bertz CT molecular complexity index is 549. The molecule has 5 nitrogen and oxygen atoms in total. The van der Waals surface area contributed by atoms with E-state index in [0.717, 1.165) is 36.6 Å². The summed E-state index contributed by atoms with van der Waals surface area (Å²) in [5.74, 6) is 1.58. The lowest BCUT2D eigenvalue weighted by molar-refractivity contribution is 0.254. The number of fused-ring (bicyclic) bond motifs is 1. The van der Waals surface area contributed by atoms with Crippen molar-refractivity contribution in [3.05, 3.63) is 17.7 Å². The van der Waals surface area contributed by atoms with Crippen molar-refractivity contribution in [1.82, 2.24) is 10.2 Å². The molecule has 0 saturated carbocycles. The second-order valence-corrected chi connectivity index (χ2v) is 7.10. The summed E-state index contributed by atoms with van der Waals surface area (Å²) in [5, 5.41) is 6.66. The fourth-order valence-electron chi connectivity index (χ4n) is 3.49. The van der Waals surface area contributed by atoms with Gasteiger partial charge < -0.3 is 19.7 Å². The maximum Gasteiger partial charge on any atom is 0.163 e. The van der Waals surface area contributed by atoms with E-state index in [1.54, 1.807) is 7.11 Å². The normalized spacial score (nSPS) is 23.6. The van der Waals surface area contributed by atoms with E-state index >= 15 is 0 Å². The molecule has 0 aliphatic carbocycles. The maximum atomic E-state index is 6.41. The molecule has 2 atom stereocenters. The Morgan fingerprint density at radius 1 is 1.29 bits per heavy atom. The van der Waals surface area contributed by atoms with Crippen LogP contribution >= 0.6 is 11.6 Å². The summed E-state index contributed by atoms with van der Waals surface area (Å²) < 4.78 is 11.5. The standard InChI is InChI=1S/C18H28ClN3O2/c1-20-18-14(19)10-13-11-16(23-2)17(12-15(13)21-18)24-9-5-8-22-6-3-4-7-22/h11-12,14,18,20-21H,3-10H2,1-2H3. The van der Waals surface area contributed by atoms with Crippen molar-refractivity contribution in [1.29, 1.82) is 0 Å². The lowest BCUT2D eigenvalue weighted by atomic mass is 10.0. The van der Waals surface area contributed by atoms with Gasteiger partial charge in [-0.15, -0.1) is 11.6 Å². The van der Waals surface area contributed by atoms with Gasteiger partial charge in [-0.1, -0.05) is 0 Å². The first-order valence-electron chi connectivity index (χ1n) is 8.85. The monoisotopic (exact) mass is 353 g/mol. The summed E-state index contributed by atoms with van der Waals surface area (Å²) in [7, 11) is 3.60. The number of hydrogen-bond acceptors (Lipinski definition) is 5. The maximum absolute atomic E-state index is 6.41. The highest BCUT2D eigenvalue weighted by molar-refractivity contribution is 6.21. The van der Waals surface area contributed by atoms with Crippen LogP contribution in [0.4, 0.5) is 5.69 Å². The summed E-state index contributed by atoms with van der Waals surface area (Å²) >= 11 is 6.41. The van der Waals surface area contributed by atoms with Gasteiger partial charge in [-0.25, -0.2) is 0 Å². The number of hydrogen-bond donors (Lipinski definition) is 2. The first kappa shape index (κ1) is 17.6. The number of methoxy groups -OCH3 is 1. The molecular formula is C18H28ClN3O2. The number of alkyl halides is 1. The number of ether oxygens (including phenoxy) is 2. The van der Waals surface area contributed by atoms with Crippen LogP contribution in [0.25, 0.3) is 0 Å². The number of anilines is 1. The molecule has 3 rings (SSSR count). The fourth-order valence-corrected chi connectivity index (χ4v) is 3.85. The largest absolute Gasteiger partial charge is 0.493 e. The van der Waals surface area contributed by atoms with E-state index in [9.17, 15) is 0 Å². The average Bonchev–Trinajstić information content (AvgIpc) is 3.11. The van der Waals surface area contributed by atoms with Crippen LogP contribution in [0.5, 0.6) is 11.5 Å². The van der Waals surface area contributed by atoms with Gasteiger partial charge in [0.25, 0.3) is 0 Å². The second kappa shape index (κ2) is 8.28. The molecule has 134 valence electrons. The number of benzene rings is 1. The first-order valence-corrected chi connectivity index (χ1v) is 9.29. The summed E-state index contributed by atoms with van der Waals surface area (Å²) in [6, 6.07) is 4.08. The third-order valence-electron chi connectivity index (χ3n) is 4.86. The minimum absolute atomic E-state index is 0.0134.